The van der Waals surface area contributed by atoms with Crippen LogP contribution in [0, 0.1) is 0 Å². The van der Waals surface area contributed by atoms with Crippen LogP contribution in [0.25, 0.3) is 0 Å². The van der Waals surface area contributed by atoms with Crippen molar-refractivity contribution in [3.63, 3.8) is 0 Å². The Bertz CT molecular complexity index is 525. The van der Waals surface area contributed by atoms with E-state index in [9.17, 15) is 9.90 Å². The summed E-state index contributed by atoms with van der Waals surface area (Å²) in [6.07, 6.45) is -0.0347. The van der Waals surface area contributed by atoms with Gasteiger partial charge in [0.25, 0.3) is 5.91 Å². The third-order valence-electron chi connectivity index (χ3n) is 2.74. The van der Waals surface area contributed by atoms with Gasteiger partial charge in [-0.1, -0.05) is 11.6 Å². The van der Waals surface area contributed by atoms with Gasteiger partial charge in [-0.2, -0.15) is 11.3 Å². The normalized spacial score (nSPS) is 12.1. The van der Waals surface area contributed by atoms with E-state index < -0.39 is 6.10 Å². The van der Waals surface area contributed by atoms with Gasteiger partial charge in [-0.25, -0.2) is 0 Å². The van der Waals surface area contributed by atoms with Crippen LogP contribution in [0.1, 0.15) is 28.4 Å². The predicted molar refractivity (Wildman–Crippen MR) is 77.7 cm³/mol. The van der Waals surface area contributed by atoms with Gasteiger partial charge in [-0.3, -0.25) is 4.79 Å². The third-order valence-corrected chi connectivity index (χ3v) is 3.69. The average molecular weight is 296 g/mol. The second kappa shape index (κ2) is 6.70. The van der Waals surface area contributed by atoms with E-state index in [1.54, 1.807) is 35.6 Å². The summed E-state index contributed by atoms with van der Waals surface area (Å²) >= 11 is 7.30. The molecule has 100 valence electrons. The zero-order valence-corrected chi connectivity index (χ0v) is 11.7. The van der Waals surface area contributed by atoms with Crippen molar-refractivity contribution in [3.05, 3.63) is 57.2 Å². The quantitative estimate of drug-likeness (QED) is 0.889. The zero-order chi connectivity index (χ0) is 13.7. The number of thiophene rings is 1. The van der Waals surface area contributed by atoms with Crippen LogP contribution in [0.15, 0.2) is 41.1 Å². The van der Waals surface area contributed by atoms with E-state index in [-0.39, 0.29) is 5.91 Å². The standard InChI is InChI=1S/C14H14ClNO2S/c15-12-3-1-10(2-4-12)14(18)16-7-5-13(17)11-6-8-19-9-11/h1-4,6,8-9,13,17H,5,7H2,(H,16,18). The van der Waals surface area contributed by atoms with Gasteiger partial charge < -0.3 is 10.4 Å². The Morgan fingerprint density at radius 3 is 2.68 bits per heavy atom. The minimum Gasteiger partial charge on any atom is -0.388 e. The molecule has 2 N–H and O–H groups in total. The highest BCUT2D eigenvalue weighted by molar-refractivity contribution is 7.07. The first-order chi connectivity index (χ1) is 9.16. The molecule has 1 aromatic carbocycles. The summed E-state index contributed by atoms with van der Waals surface area (Å²) in [4.78, 5) is 11.8. The molecule has 2 rings (SSSR count). The minimum atomic E-state index is -0.531. The number of aliphatic hydroxyl groups is 1. The lowest BCUT2D eigenvalue weighted by atomic mass is 10.1. The van der Waals surface area contributed by atoms with Crippen LogP contribution in [-0.2, 0) is 0 Å². The summed E-state index contributed by atoms with van der Waals surface area (Å²) in [5.41, 5.74) is 1.46. The van der Waals surface area contributed by atoms with E-state index in [2.05, 4.69) is 5.32 Å². The van der Waals surface area contributed by atoms with Crippen molar-refractivity contribution in [1.29, 1.82) is 0 Å². The van der Waals surface area contributed by atoms with Crippen LogP contribution < -0.4 is 5.32 Å². The number of carbonyl (C=O) groups is 1. The Morgan fingerprint density at radius 1 is 1.32 bits per heavy atom. The number of hydrogen-bond acceptors (Lipinski definition) is 3. The monoisotopic (exact) mass is 295 g/mol. The fraction of sp³-hybridized carbons (Fsp3) is 0.214. The molecule has 2 aromatic rings. The molecular formula is C14H14ClNO2S. The average Bonchev–Trinajstić information content (AvgIpc) is 2.93. The molecule has 0 bridgehead atoms. The maximum absolute atomic E-state index is 11.8. The van der Waals surface area contributed by atoms with Crippen LogP contribution in [-0.4, -0.2) is 17.6 Å². The third kappa shape index (κ3) is 4.06. The first kappa shape index (κ1) is 14.1. The van der Waals surface area contributed by atoms with E-state index >= 15 is 0 Å². The van der Waals surface area contributed by atoms with Gasteiger partial charge in [0.05, 0.1) is 6.10 Å². The van der Waals surface area contributed by atoms with Crippen LogP contribution in [0.3, 0.4) is 0 Å². The summed E-state index contributed by atoms with van der Waals surface area (Å²) in [6, 6.07) is 8.59. The van der Waals surface area contributed by atoms with Gasteiger partial charge in [0, 0.05) is 17.1 Å². The van der Waals surface area contributed by atoms with Gasteiger partial charge in [0.2, 0.25) is 0 Å². The fourth-order valence-electron chi connectivity index (χ4n) is 1.66. The van der Waals surface area contributed by atoms with Crippen molar-refractivity contribution in [2.45, 2.75) is 12.5 Å². The van der Waals surface area contributed by atoms with E-state index in [0.29, 0.717) is 23.6 Å². The number of rotatable bonds is 5. The summed E-state index contributed by atoms with van der Waals surface area (Å²) in [6.45, 7) is 0.429. The lowest BCUT2D eigenvalue weighted by molar-refractivity contribution is 0.0942. The minimum absolute atomic E-state index is 0.158. The van der Waals surface area contributed by atoms with Crippen molar-refractivity contribution in [3.8, 4) is 0 Å². The van der Waals surface area contributed by atoms with Gasteiger partial charge in [0.15, 0.2) is 0 Å². The molecule has 19 heavy (non-hydrogen) atoms. The SMILES string of the molecule is O=C(NCCC(O)c1ccsc1)c1ccc(Cl)cc1. The highest BCUT2D eigenvalue weighted by Crippen LogP contribution is 2.18. The number of nitrogens with one attached hydrogen (secondary N) is 1. The fourth-order valence-corrected chi connectivity index (χ4v) is 2.49. The van der Waals surface area contributed by atoms with Crippen LogP contribution in [0.5, 0.6) is 0 Å². The summed E-state index contributed by atoms with van der Waals surface area (Å²) in [7, 11) is 0. The molecule has 0 spiro atoms. The number of carbonyl (C=O) groups excluding carboxylic acids is 1. The number of halogens is 1. The highest BCUT2D eigenvalue weighted by Gasteiger charge is 2.09. The summed E-state index contributed by atoms with van der Waals surface area (Å²) < 4.78 is 0. The second-order valence-corrected chi connectivity index (χ2v) is 5.34. The van der Waals surface area contributed by atoms with Crippen molar-refractivity contribution >= 4 is 28.8 Å². The molecule has 1 aromatic heterocycles. The van der Waals surface area contributed by atoms with E-state index in [1.807, 2.05) is 16.8 Å². The maximum Gasteiger partial charge on any atom is 0.251 e. The summed E-state index contributed by atoms with van der Waals surface area (Å²) in [5, 5.41) is 17.1. The van der Waals surface area contributed by atoms with E-state index in [4.69, 9.17) is 11.6 Å². The molecular weight excluding hydrogens is 282 g/mol. The maximum atomic E-state index is 11.8. The zero-order valence-electron chi connectivity index (χ0n) is 10.2. The molecule has 0 aliphatic heterocycles. The largest absolute Gasteiger partial charge is 0.388 e. The Kier molecular flexibility index (Phi) is 4.96. The molecule has 0 radical (unpaired) electrons. The molecule has 1 unspecified atom stereocenters. The molecule has 1 amide bonds. The van der Waals surface area contributed by atoms with Crippen LogP contribution >= 0.6 is 22.9 Å². The highest BCUT2D eigenvalue weighted by atomic mass is 35.5. The molecule has 0 fully saturated rings. The molecule has 1 atom stereocenters. The van der Waals surface area contributed by atoms with Crippen molar-refractivity contribution in [1.82, 2.24) is 5.32 Å². The molecule has 0 saturated heterocycles. The topological polar surface area (TPSA) is 49.3 Å². The van der Waals surface area contributed by atoms with Gasteiger partial charge in [-0.05, 0) is 53.1 Å². The lowest BCUT2D eigenvalue weighted by Gasteiger charge is -2.10. The number of aliphatic hydroxyl groups excluding tert-OH is 1. The molecule has 0 saturated carbocycles. The first-order valence-electron chi connectivity index (χ1n) is 5.91. The van der Waals surface area contributed by atoms with Crippen molar-refractivity contribution in [2.24, 2.45) is 0 Å². The molecule has 0 aliphatic rings. The van der Waals surface area contributed by atoms with Crippen molar-refractivity contribution < 1.29 is 9.90 Å². The molecule has 5 heteroatoms. The Labute approximate surface area is 120 Å². The van der Waals surface area contributed by atoms with E-state index in [0.717, 1.165) is 5.56 Å². The van der Waals surface area contributed by atoms with Gasteiger partial charge in [0.1, 0.15) is 0 Å². The Hall–Kier alpha value is -1.36. The number of amides is 1. The van der Waals surface area contributed by atoms with Gasteiger partial charge >= 0.3 is 0 Å². The van der Waals surface area contributed by atoms with Crippen molar-refractivity contribution in [2.75, 3.05) is 6.54 Å². The number of benzene rings is 1. The second-order valence-electron chi connectivity index (χ2n) is 4.12. The Balaban J connectivity index is 1.79. The lowest BCUT2D eigenvalue weighted by Crippen LogP contribution is -2.25. The molecule has 0 aliphatic carbocycles. The van der Waals surface area contributed by atoms with Crippen LogP contribution in [0.2, 0.25) is 5.02 Å². The Morgan fingerprint density at radius 2 is 2.05 bits per heavy atom. The number of hydrogen-bond donors (Lipinski definition) is 2. The van der Waals surface area contributed by atoms with E-state index in [1.165, 1.54) is 0 Å². The molecule has 3 nitrogen and oxygen atoms in total. The first-order valence-corrected chi connectivity index (χ1v) is 7.23. The summed E-state index contributed by atoms with van der Waals surface area (Å²) in [5.74, 6) is -0.158. The van der Waals surface area contributed by atoms with Gasteiger partial charge in [-0.15, -0.1) is 0 Å². The predicted octanol–water partition coefficient (Wildman–Crippen LogP) is 3.26. The molecule has 1 heterocycles. The smallest absolute Gasteiger partial charge is 0.251 e. The van der Waals surface area contributed by atoms with Crippen LogP contribution in [0.4, 0.5) is 0 Å².